The Balaban J connectivity index is 4.09. The van der Waals surface area contributed by atoms with Gasteiger partial charge in [-0.3, -0.25) is 9.59 Å². The van der Waals surface area contributed by atoms with Crippen molar-refractivity contribution in [1.82, 2.24) is 0 Å². The molecule has 0 spiro atoms. The summed E-state index contributed by atoms with van der Waals surface area (Å²) in [6.45, 7) is 3.70. The number of aliphatic hydroxyl groups is 2. The van der Waals surface area contributed by atoms with Gasteiger partial charge in [-0.2, -0.15) is 0 Å². The summed E-state index contributed by atoms with van der Waals surface area (Å²) in [5.74, 6) is -0.575. The molecule has 178 valence electrons. The van der Waals surface area contributed by atoms with Crippen LogP contribution in [-0.4, -0.2) is 41.3 Å². The third-order valence-electron chi connectivity index (χ3n) is 5.70. The number of hydrogen-bond acceptors (Lipinski definition) is 5. The van der Waals surface area contributed by atoms with Crippen molar-refractivity contribution in [1.29, 1.82) is 0 Å². The molecule has 0 aromatic heterocycles. The van der Waals surface area contributed by atoms with Crippen molar-refractivity contribution in [3.05, 3.63) is 0 Å². The summed E-state index contributed by atoms with van der Waals surface area (Å²) in [4.78, 5) is 24.6. The molecule has 5 nitrogen and oxygen atoms in total. The fourth-order valence-electron chi connectivity index (χ4n) is 3.69. The molecule has 2 unspecified atom stereocenters. The van der Waals surface area contributed by atoms with Gasteiger partial charge in [0.05, 0.1) is 13.0 Å². The van der Waals surface area contributed by atoms with Crippen LogP contribution in [0.15, 0.2) is 0 Å². The number of aliphatic hydroxyl groups excluding tert-OH is 2. The standard InChI is InChI=1S/C25H48O5/c1-3-5-7-8-9-10-11-12-13-14-16-17-22(24(28)18-15-6-4-2)19-25(29)30-21-23(27)20-26/h22-23,26-27H,3-21H2,1-2H3. The predicted molar refractivity (Wildman–Crippen MR) is 122 cm³/mol. The van der Waals surface area contributed by atoms with Gasteiger partial charge in [-0.05, 0) is 12.8 Å². The zero-order valence-electron chi connectivity index (χ0n) is 19.7. The van der Waals surface area contributed by atoms with Crippen LogP contribution in [0.1, 0.15) is 123 Å². The first-order chi connectivity index (χ1) is 14.5. The SMILES string of the molecule is CCCCCCCCCCCCCC(CC(=O)OCC(O)CO)C(=O)CCCCC. The van der Waals surface area contributed by atoms with Crippen LogP contribution in [0.2, 0.25) is 0 Å². The number of unbranched alkanes of at least 4 members (excludes halogenated alkanes) is 12. The van der Waals surface area contributed by atoms with E-state index < -0.39 is 18.7 Å². The van der Waals surface area contributed by atoms with E-state index in [0.29, 0.717) is 6.42 Å². The number of Topliss-reactive ketones (excluding diaryl/α,β-unsaturated/α-hetero) is 1. The van der Waals surface area contributed by atoms with Gasteiger partial charge in [-0.1, -0.05) is 97.3 Å². The van der Waals surface area contributed by atoms with Gasteiger partial charge in [0.15, 0.2) is 0 Å². The third kappa shape index (κ3) is 17.9. The van der Waals surface area contributed by atoms with E-state index in [0.717, 1.165) is 38.5 Å². The zero-order chi connectivity index (χ0) is 22.5. The molecule has 0 aliphatic heterocycles. The van der Waals surface area contributed by atoms with E-state index >= 15 is 0 Å². The Labute approximate surface area is 185 Å². The van der Waals surface area contributed by atoms with E-state index in [-0.39, 0.29) is 24.7 Å². The highest BCUT2D eigenvalue weighted by Gasteiger charge is 2.22. The van der Waals surface area contributed by atoms with Gasteiger partial charge in [-0.15, -0.1) is 0 Å². The number of carbonyl (C=O) groups excluding carboxylic acids is 2. The molecule has 0 aromatic carbocycles. The van der Waals surface area contributed by atoms with Gasteiger partial charge in [0.1, 0.15) is 18.5 Å². The minimum atomic E-state index is -1.06. The highest BCUT2D eigenvalue weighted by molar-refractivity contribution is 5.85. The van der Waals surface area contributed by atoms with E-state index in [4.69, 9.17) is 9.84 Å². The third-order valence-corrected chi connectivity index (χ3v) is 5.70. The summed E-state index contributed by atoms with van der Waals surface area (Å²) in [6.07, 6.45) is 17.1. The van der Waals surface area contributed by atoms with Crippen molar-refractivity contribution >= 4 is 11.8 Å². The van der Waals surface area contributed by atoms with Crippen LogP contribution in [0.4, 0.5) is 0 Å². The van der Waals surface area contributed by atoms with Gasteiger partial charge in [-0.25, -0.2) is 0 Å². The molecule has 0 heterocycles. The molecular formula is C25H48O5. The average Bonchev–Trinajstić information content (AvgIpc) is 2.74. The highest BCUT2D eigenvalue weighted by Crippen LogP contribution is 2.20. The maximum absolute atomic E-state index is 12.6. The number of esters is 1. The van der Waals surface area contributed by atoms with Crippen LogP contribution >= 0.6 is 0 Å². The van der Waals surface area contributed by atoms with Crippen LogP contribution in [-0.2, 0) is 14.3 Å². The zero-order valence-corrected chi connectivity index (χ0v) is 19.7. The van der Waals surface area contributed by atoms with Crippen LogP contribution in [0.25, 0.3) is 0 Å². The minimum absolute atomic E-state index is 0.0842. The van der Waals surface area contributed by atoms with Crippen molar-refractivity contribution < 1.29 is 24.5 Å². The number of rotatable bonds is 22. The largest absolute Gasteiger partial charge is 0.463 e. The highest BCUT2D eigenvalue weighted by atomic mass is 16.5. The molecule has 0 rings (SSSR count). The molecule has 5 heteroatoms. The smallest absolute Gasteiger partial charge is 0.306 e. The molecule has 0 aromatic rings. The lowest BCUT2D eigenvalue weighted by molar-refractivity contribution is -0.150. The second kappa shape index (κ2) is 21.3. The Hall–Kier alpha value is -0.940. The fraction of sp³-hybridized carbons (Fsp3) is 0.920. The molecule has 2 N–H and O–H groups in total. The average molecular weight is 429 g/mol. The fourth-order valence-corrected chi connectivity index (χ4v) is 3.69. The summed E-state index contributed by atoms with van der Waals surface area (Å²) in [5.41, 5.74) is 0. The lowest BCUT2D eigenvalue weighted by Crippen LogP contribution is -2.25. The molecule has 30 heavy (non-hydrogen) atoms. The number of ether oxygens (including phenoxy) is 1. The lowest BCUT2D eigenvalue weighted by Gasteiger charge is -2.16. The Morgan fingerprint density at radius 2 is 1.27 bits per heavy atom. The number of ketones is 1. The summed E-state index contributed by atoms with van der Waals surface area (Å²) in [6, 6.07) is 0. The van der Waals surface area contributed by atoms with E-state index in [9.17, 15) is 14.7 Å². The van der Waals surface area contributed by atoms with Gasteiger partial charge in [0.2, 0.25) is 0 Å². The molecule has 0 saturated carbocycles. The Bertz CT molecular complexity index is 410. The van der Waals surface area contributed by atoms with Crippen molar-refractivity contribution in [2.75, 3.05) is 13.2 Å². The molecule has 0 fully saturated rings. The summed E-state index contributed by atoms with van der Waals surface area (Å²) in [7, 11) is 0. The van der Waals surface area contributed by atoms with Crippen LogP contribution in [0.5, 0.6) is 0 Å². The predicted octanol–water partition coefficient (Wildman–Crippen LogP) is 5.74. The van der Waals surface area contributed by atoms with E-state index in [1.54, 1.807) is 0 Å². The normalized spacial score (nSPS) is 13.2. The monoisotopic (exact) mass is 428 g/mol. The molecule has 0 radical (unpaired) electrons. The second-order valence-corrected chi connectivity index (χ2v) is 8.67. The molecule has 0 saturated heterocycles. The number of carbonyl (C=O) groups is 2. The van der Waals surface area contributed by atoms with Gasteiger partial charge < -0.3 is 14.9 Å². The van der Waals surface area contributed by atoms with Crippen LogP contribution < -0.4 is 0 Å². The number of hydrogen-bond donors (Lipinski definition) is 2. The van der Waals surface area contributed by atoms with Gasteiger partial charge in [0.25, 0.3) is 0 Å². The molecule has 0 aliphatic rings. The lowest BCUT2D eigenvalue weighted by atomic mass is 9.90. The van der Waals surface area contributed by atoms with Crippen LogP contribution in [0, 0.1) is 5.92 Å². The molecule has 2 atom stereocenters. The first-order valence-corrected chi connectivity index (χ1v) is 12.5. The minimum Gasteiger partial charge on any atom is -0.463 e. The van der Waals surface area contributed by atoms with Gasteiger partial charge >= 0.3 is 5.97 Å². The first-order valence-electron chi connectivity index (χ1n) is 12.5. The van der Waals surface area contributed by atoms with E-state index in [2.05, 4.69) is 13.8 Å². The summed E-state index contributed by atoms with van der Waals surface area (Å²) in [5, 5.41) is 18.1. The maximum Gasteiger partial charge on any atom is 0.306 e. The Morgan fingerprint density at radius 1 is 0.767 bits per heavy atom. The second-order valence-electron chi connectivity index (χ2n) is 8.67. The van der Waals surface area contributed by atoms with Gasteiger partial charge in [0, 0.05) is 12.3 Å². The van der Waals surface area contributed by atoms with Crippen LogP contribution in [0.3, 0.4) is 0 Å². The Morgan fingerprint density at radius 3 is 1.80 bits per heavy atom. The molecule has 0 amide bonds. The van der Waals surface area contributed by atoms with Crippen molar-refractivity contribution in [2.24, 2.45) is 5.92 Å². The molecule has 0 aliphatic carbocycles. The molecule has 0 bridgehead atoms. The van der Waals surface area contributed by atoms with Crippen molar-refractivity contribution in [3.63, 3.8) is 0 Å². The molecular weight excluding hydrogens is 380 g/mol. The topological polar surface area (TPSA) is 83.8 Å². The maximum atomic E-state index is 12.6. The van der Waals surface area contributed by atoms with Crippen molar-refractivity contribution in [2.45, 2.75) is 129 Å². The van der Waals surface area contributed by atoms with E-state index in [1.165, 1.54) is 57.8 Å². The quantitative estimate of drug-likeness (QED) is 0.170. The van der Waals surface area contributed by atoms with Crippen molar-refractivity contribution in [3.8, 4) is 0 Å². The Kier molecular flexibility index (Phi) is 20.6. The summed E-state index contributed by atoms with van der Waals surface area (Å²) >= 11 is 0. The van der Waals surface area contributed by atoms with E-state index in [1.807, 2.05) is 0 Å². The first kappa shape index (κ1) is 29.1. The summed E-state index contributed by atoms with van der Waals surface area (Å²) < 4.78 is 5.01.